The SMILES string of the molecule is COCC[C@H]1C[C@]2(C)[C@@H](O)CC[C@H]2[C@@H]2CCc3cc(O)ccc3[C@@H]12. The first kappa shape index (κ1) is 16.4. The standard InChI is InChI=1S/C21H30O3/c1-21-12-14(9-10-24-2)20-16-6-4-15(22)11-13(16)3-5-17(20)18(21)7-8-19(21)23/h4,6,11,14,17-20,22-23H,3,5,7-10,12H2,1-2H3/t14-,17-,18-,19-,20+,21-/m0/s1. The Balaban J connectivity index is 1.74. The van der Waals surface area contributed by atoms with Crippen molar-refractivity contribution in [2.45, 2.75) is 57.5 Å². The highest BCUT2D eigenvalue weighted by atomic mass is 16.5. The van der Waals surface area contributed by atoms with Gasteiger partial charge in [0.15, 0.2) is 0 Å². The molecule has 0 amide bonds. The van der Waals surface area contributed by atoms with Gasteiger partial charge in [-0.3, -0.25) is 0 Å². The van der Waals surface area contributed by atoms with Crippen LogP contribution in [0.2, 0.25) is 0 Å². The van der Waals surface area contributed by atoms with E-state index in [1.54, 1.807) is 7.11 Å². The summed E-state index contributed by atoms with van der Waals surface area (Å²) in [6.45, 7) is 3.12. The molecule has 0 aliphatic heterocycles. The minimum absolute atomic E-state index is 0.0774. The van der Waals surface area contributed by atoms with Gasteiger partial charge in [-0.15, -0.1) is 0 Å². The molecule has 0 unspecified atom stereocenters. The van der Waals surface area contributed by atoms with Crippen LogP contribution in [0.4, 0.5) is 0 Å². The van der Waals surface area contributed by atoms with Crippen molar-refractivity contribution in [3.8, 4) is 5.75 Å². The average molecular weight is 330 g/mol. The zero-order chi connectivity index (χ0) is 16.9. The molecule has 2 N–H and O–H groups in total. The number of phenolic OH excluding ortho intramolecular Hbond substituents is 1. The van der Waals surface area contributed by atoms with E-state index in [0.717, 1.165) is 32.3 Å². The van der Waals surface area contributed by atoms with Crippen molar-refractivity contribution in [2.24, 2.45) is 23.2 Å². The third-order valence-electron chi connectivity index (χ3n) is 7.47. The van der Waals surface area contributed by atoms with Crippen molar-refractivity contribution in [3.05, 3.63) is 29.3 Å². The maximum absolute atomic E-state index is 10.7. The first-order chi connectivity index (χ1) is 11.5. The molecule has 2 fully saturated rings. The Labute approximate surface area is 145 Å². The molecule has 1 aromatic rings. The molecule has 132 valence electrons. The van der Waals surface area contributed by atoms with E-state index in [9.17, 15) is 10.2 Å². The molecule has 0 bridgehead atoms. The smallest absolute Gasteiger partial charge is 0.115 e. The van der Waals surface area contributed by atoms with Crippen molar-refractivity contribution >= 4 is 0 Å². The third-order valence-corrected chi connectivity index (χ3v) is 7.47. The second-order valence-corrected chi connectivity index (χ2v) is 8.56. The van der Waals surface area contributed by atoms with Gasteiger partial charge in [-0.25, -0.2) is 0 Å². The molecule has 6 atom stereocenters. The van der Waals surface area contributed by atoms with Gasteiger partial charge in [0.1, 0.15) is 5.75 Å². The molecule has 3 heteroatoms. The first-order valence-electron chi connectivity index (χ1n) is 9.53. The fourth-order valence-corrected chi connectivity index (χ4v) is 6.40. The summed E-state index contributed by atoms with van der Waals surface area (Å²) in [5.41, 5.74) is 2.86. The van der Waals surface area contributed by atoms with Crippen molar-refractivity contribution < 1.29 is 14.9 Å². The van der Waals surface area contributed by atoms with Gasteiger partial charge in [0, 0.05) is 13.7 Å². The fraction of sp³-hybridized carbons (Fsp3) is 0.714. The summed E-state index contributed by atoms with van der Waals surface area (Å²) in [5, 5.41) is 20.5. The number of hydrogen-bond acceptors (Lipinski definition) is 3. The summed E-state index contributed by atoms with van der Waals surface area (Å²) >= 11 is 0. The highest BCUT2D eigenvalue weighted by Crippen LogP contribution is 2.63. The Morgan fingerprint density at radius 1 is 1.25 bits per heavy atom. The van der Waals surface area contributed by atoms with E-state index >= 15 is 0 Å². The maximum atomic E-state index is 10.7. The molecule has 4 rings (SSSR count). The van der Waals surface area contributed by atoms with Gasteiger partial charge in [0.05, 0.1) is 6.10 Å². The lowest BCUT2D eigenvalue weighted by Crippen LogP contribution is -2.48. The molecule has 0 saturated heterocycles. The normalized spacial score (nSPS) is 40.7. The van der Waals surface area contributed by atoms with E-state index in [2.05, 4.69) is 13.0 Å². The molecule has 3 aliphatic carbocycles. The lowest BCUT2D eigenvalue weighted by atomic mass is 9.51. The van der Waals surface area contributed by atoms with Gasteiger partial charge in [0.2, 0.25) is 0 Å². The monoisotopic (exact) mass is 330 g/mol. The van der Waals surface area contributed by atoms with E-state index in [0.29, 0.717) is 29.4 Å². The molecule has 0 heterocycles. The van der Waals surface area contributed by atoms with Gasteiger partial charge in [-0.05, 0) is 90.9 Å². The number of fused-ring (bicyclic) bond motifs is 5. The summed E-state index contributed by atoms with van der Waals surface area (Å²) in [5.74, 6) is 2.82. The molecule has 3 aliphatic rings. The molecular weight excluding hydrogens is 300 g/mol. The lowest BCUT2D eigenvalue weighted by molar-refractivity contribution is -0.0532. The molecule has 2 saturated carbocycles. The van der Waals surface area contributed by atoms with E-state index < -0.39 is 0 Å². The van der Waals surface area contributed by atoms with Crippen LogP contribution in [0.15, 0.2) is 18.2 Å². The lowest BCUT2D eigenvalue weighted by Gasteiger charge is -2.54. The highest BCUT2D eigenvalue weighted by Gasteiger charge is 2.57. The quantitative estimate of drug-likeness (QED) is 0.884. The summed E-state index contributed by atoms with van der Waals surface area (Å²) < 4.78 is 5.40. The zero-order valence-electron chi connectivity index (χ0n) is 14.9. The third kappa shape index (κ3) is 2.40. The molecular formula is C21H30O3. The Kier molecular flexibility index (Phi) is 4.12. The summed E-state index contributed by atoms with van der Waals surface area (Å²) in [6, 6.07) is 5.98. The summed E-state index contributed by atoms with van der Waals surface area (Å²) in [4.78, 5) is 0. The average Bonchev–Trinajstić information content (AvgIpc) is 2.87. The number of rotatable bonds is 3. The van der Waals surface area contributed by atoms with Gasteiger partial charge in [-0.2, -0.15) is 0 Å². The van der Waals surface area contributed by atoms with Crippen LogP contribution in [0, 0.1) is 23.2 Å². The number of aliphatic hydroxyl groups is 1. The van der Waals surface area contributed by atoms with Crippen molar-refractivity contribution in [3.63, 3.8) is 0 Å². The summed E-state index contributed by atoms with van der Waals surface area (Å²) in [6.07, 6.45) is 6.40. The molecule has 0 spiro atoms. The maximum Gasteiger partial charge on any atom is 0.115 e. The van der Waals surface area contributed by atoms with E-state index in [4.69, 9.17) is 4.74 Å². The van der Waals surface area contributed by atoms with Crippen LogP contribution < -0.4 is 0 Å². The van der Waals surface area contributed by atoms with Gasteiger partial charge >= 0.3 is 0 Å². The minimum Gasteiger partial charge on any atom is -0.508 e. The van der Waals surface area contributed by atoms with E-state index in [-0.39, 0.29) is 11.5 Å². The number of aromatic hydroxyl groups is 1. The molecule has 1 aromatic carbocycles. The number of methoxy groups -OCH3 is 1. The van der Waals surface area contributed by atoms with Gasteiger partial charge < -0.3 is 14.9 Å². The Morgan fingerprint density at radius 3 is 2.88 bits per heavy atom. The zero-order valence-corrected chi connectivity index (χ0v) is 14.9. The number of aryl methyl sites for hydroxylation is 1. The molecule has 3 nitrogen and oxygen atoms in total. The largest absolute Gasteiger partial charge is 0.508 e. The van der Waals surface area contributed by atoms with E-state index in [1.165, 1.54) is 24.0 Å². The highest BCUT2D eigenvalue weighted by molar-refractivity contribution is 5.40. The topological polar surface area (TPSA) is 49.7 Å². The van der Waals surface area contributed by atoms with Gasteiger partial charge in [0.25, 0.3) is 0 Å². The van der Waals surface area contributed by atoms with Crippen LogP contribution in [-0.4, -0.2) is 30.0 Å². The van der Waals surface area contributed by atoms with Crippen molar-refractivity contribution in [1.29, 1.82) is 0 Å². The number of ether oxygens (including phenoxy) is 1. The Bertz CT molecular complexity index is 613. The van der Waals surface area contributed by atoms with Crippen LogP contribution >= 0.6 is 0 Å². The summed E-state index contributed by atoms with van der Waals surface area (Å²) in [7, 11) is 1.78. The number of benzene rings is 1. The Morgan fingerprint density at radius 2 is 2.08 bits per heavy atom. The van der Waals surface area contributed by atoms with Gasteiger partial charge in [-0.1, -0.05) is 13.0 Å². The first-order valence-corrected chi connectivity index (χ1v) is 9.53. The van der Waals surface area contributed by atoms with Crippen LogP contribution in [0.25, 0.3) is 0 Å². The van der Waals surface area contributed by atoms with Crippen molar-refractivity contribution in [2.75, 3.05) is 13.7 Å². The van der Waals surface area contributed by atoms with Crippen LogP contribution in [0.1, 0.15) is 56.1 Å². The molecule has 0 aromatic heterocycles. The molecule has 0 radical (unpaired) electrons. The van der Waals surface area contributed by atoms with Crippen LogP contribution in [-0.2, 0) is 11.2 Å². The van der Waals surface area contributed by atoms with Crippen LogP contribution in [0.5, 0.6) is 5.75 Å². The predicted molar refractivity (Wildman–Crippen MR) is 94.1 cm³/mol. The minimum atomic E-state index is -0.144. The Hall–Kier alpha value is -1.06. The van der Waals surface area contributed by atoms with Crippen LogP contribution in [0.3, 0.4) is 0 Å². The second-order valence-electron chi connectivity index (χ2n) is 8.56. The molecule has 24 heavy (non-hydrogen) atoms. The van der Waals surface area contributed by atoms with E-state index in [1.807, 2.05) is 12.1 Å². The second kappa shape index (κ2) is 6.03. The number of aliphatic hydroxyl groups excluding tert-OH is 1. The number of phenols is 1. The predicted octanol–water partition coefficient (Wildman–Crippen LogP) is 3.87. The fourth-order valence-electron chi connectivity index (χ4n) is 6.40. The van der Waals surface area contributed by atoms with Crippen molar-refractivity contribution in [1.82, 2.24) is 0 Å². The number of hydrogen-bond donors (Lipinski definition) is 2.